The third kappa shape index (κ3) is 3.46. The molecule has 2 rings (SSSR count). The number of carbonyl (C=O) groups excluding carboxylic acids is 1. The van der Waals surface area contributed by atoms with Crippen molar-refractivity contribution in [2.24, 2.45) is 0 Å². The molecule has 7 heteroatoms. The quantitative estimate of drug-likeness (QED) is 0.883. The highest BCUT2D eigenvalue weighted by atomic mass is 16.5. The first-order valence-corrected chi connectivity index (χ1v) is 6.19. The molecule has 0 saturated carbocycles. The zero-order valence-corrected chi connectivity index (χ0v) is 11.1. The number of hydrogen-bond acceptors (Lipinski definition) is 6. The van der Waals surface area contributed by atoms with Crippen LogP contribution in [0.3, 0.4) is 0 Å². The van der Waals surface area contributed by atoms with Crippen LogP contribution in [0.5, 0.6) is 5.88 Å². The van der Waals surface area contributed by atoms with E-state index in [4.69, 9.17) is 9.47 Å². The number of anilines is 1. The van der Waals surface area contributed by atoms with E-state index in [1.807, 2.05) is 0 Å². The molecule has 1 saturated heterocycles. The fraction of sp³-hybridized carbons (Fsp3) is 0.583. The normalized spacial score (nSPS) is 18.8. The number of aromatic nitrogens is 2. The molecule has 1 aliphatic heterocycles. The Morgan fingerprint density at radius 1 is 1.53 bits per heavy atom. The summed E-state index contributed by atoms with van der Waals surface area (Å²) in [5, 5.41) is 3.21. The van der Waals surface area contributed by atoms with Crippen molar-refractivity contribution in [2.45, 2.75) is 18.9 Å². The van der Waals surface area contributed by atoms with Gasteiger partial charge in [0.2, 0.25) is 11.8 Å². The Bertz CT molecular complexity index is 441. The Labute approximate surface area is 111 Å². The lowest BCUT2D eigenvalue weighted by molar-refractivity contribution is 0.113. The van der Waals surface area contributed by atoms with Gasteiger partial charge in [-0.2, -0.15) is 4.98 Å². The molecule has 7 nitrogen and oxygen atoms in total. The van der Waals surface area contributed by atoms with Gasteiger partial charge in [0.1, 0.15) is 0 Å². The van der Waals surface area contributed by atoms with Gasteiger partial charge in [-0.1, -0.05) is 0 Å². The van der Waals surface area contributed by atoms with E-state index in [0.29, 0.717) is 18.4 Å². The van der Waals surface area contributed by atoms with E-state index in [1.54, 1.807) is 24.3 Å². The molecule has 0 spiro atoms. The maximum atomic E-state index is 11.5. The maximum absolute atomic E-state index is 11.5. The van der Waals surface area contributed by atoms with Gasteiger partial charge in [0, 0.05) is 31.4 Å². The van der Waals surface area contributed by atoms with Gasteiger partial charge in [-0.15, -0.1) is 0 Å². The maximum Gasteiger partial charge on any atom is 0.409 e. The van der Waals surface area contributed by atoms with Crippen molar-refractivity contribution >= 4 is 12.0 Å². The minimum atomic E-state index is -0.293. The van der Waals surface area contributed by atoms with Gasteiger partial charge < -0.3 is 19.7 Å². The second-order valence-corrected chi connectivity index (χ2v) is 4.32. The summed E-state index contributed by atoms with van der Waals surface area (Å²) in [4.78, 5) is 21.5. The summed E-state index contributed by atoms with van der Waals surface area (Å²) in [6.45, 7) is 1.32. The predicted molar refractivity (Wildman–Crippen MR) is 69.2 cm³/mol. The molecule has 1 aromatic heterocycles. The van der Waals surface area contributed by atoms with Crippen LogP contribution in [0.1, 0.15) is 12.8 Å². The molecule has 1 unspecified atom stereocenters. The number of piperidine rings is 1. The monoisotopic (exact) mass is 266 g/mol. The molecule has 1 atom stereocenters. The molecule has 1 N–H and O–H groups in total. The highest BCUT2D eigenvalue weighted by Crippen LogP contribution is 2.15. The van der Waals surface area contributed by atoms with Crippen LogP contribution < -0.4 is 10.1 Å². The fourth-order valence-corrected chi connectivity index (χ4v) is 2.10. The highest BCUT2D eigenvalue weighted by molar-refractivity contribution is 5.67. The van der Waals surface area contributed by atoms with Gasteiger partial charge in [0.15, 0.2) is 0 Å². The average Bonchev–Trinajstić information content (AvgIpc) is 2.47. The van der Waals surface area contributed by atoms with Crippen LogP contribution >= 0.6 is 0 Å². The molecule has 1 aromatic rings. The molecule has 1 aliphatic rings. The van der Waals surface area contributed by atoms with E-state index in [0.717, 1.165) is 19.4 Å². The van der Waals surface area contributed by atoms with Gasteiger partial charge in [-0.25, -0.2) is 9.78 Å². The molecule has 0 bridgehead atoms. The molecule has 0 radical (unpaired) electrons. The Hall–Kier alpha value is -2.05. The summed E-state index contributed by atoms with van der Waals surface area (Å²) in [6, 6.07) is 1.81. The number of nitrogens with zero attached hydrogens (tertiary/aromatic N) is 3. The van der Waals surface area contributed by atoms with Crippen molar-refractivity contribution in [1.82, 2.24) is 14.9 Å². The number of carbonyl (C=O) groups is 1. The second kappa shape index (κ2) is 6.21. The van der Waals surface area contributed by atoms with Crippen molar-refractivity contribution < 1.29 is 14.3 Å². The lowest BCUT2D eigenvalue weighted by Crippen LogP contribution is -2.45. The Kier molecular flexibility index (Phi) is 4.38. The lowest BCUT2D eigenvalue weighted by Gasteiger charge is -2.32. The molecule has 0 aliphatic carbocycles. The smallest absolute Gasteiger partial charge is 0.409 e. The van der Waals surface area contributed by atoms with E-state index < -0.39 is 0 Å². The van der Waals surface area contributed by atoms with Gasteiger partial charge >= 0.3 is 6.09 Å². The SMILES string of the molecule is COC(=O)N1CCCC(Nc2nccc(OC)n2)C1. The van der Waals surface area contributed by atoms with Crippen LogP contribution in [-0.2, 0) is 4.74 Å². The van der Waals surface area contributed by atoms with Crippen LogP contribution in [0.15, 0.2) is 12.3 Å². The highest BCUT2D eigenvalue weighted by Gasteiger charge is 2.24. The van der Waals surface area contributed by atoms with Crippen molar-refractivity contribution in [2.75, 3.05) is 32.6 Å². The summed E-state index contributed by atoms with van der Waals surface area (Å²) in [7, 11) is 2.95. The number of methoxy groups -OCH3 is 2. The third-order valence-electron chi connectivity index (χ3n) is 3.03. The molecule has 1 fully saturated rings. The Morgan fingerprint density at radius 3 is 3.11 bits per heavy atom. The van der Waals surface area contributed by atoms with Crippen LogP contribution in [-0.4, -0.2) is 54.3 Å². The number of likely N-dealkylation sites (tertiary alicyclic amines) is 1. The molecular formula is C12H18N4O3. The van der Waals surface area contributed by atoms with Crippen LogP contribution in [0.4, 0.5) is 10.7 Å². The van der Waals surface area contributed by atoms with Crippen molar-refractivity contribution in [3.63, 3.8) is 0 Å². The summed E-state index contributed by atoms with van der Waals surface area (Å²) >= 11 is 0. The summed E-state index contributed by atoms with van der Waals surface area (Å²) in [5.41, 5.74) is 0. The molecule has 2 heterocycles. The zero-order valence-electron chi connectivity index (χ0n) is 11.1. The molecular weight excluding hydrogens is 248 g/mol. The van der Waals surface area contributed by atoms with Crippen molar-refractivity contribution in [3.05, 3.63) is 12.3 Å². The first-order chi connectivity index (χ1) is 9.22. The zero-order chi connectivity index (χ0) is 13.7. The summed E-state index contributed by atoms with van der Waals surface area (Å²) < 4.78 is 9.78. The number of hydrogen-bond donors (Lipinski definition) is 1. The van der Waals surface area contributed by atoms with Crippen molar-refractivity contribution in [1.29, 1.82) is 0 Å². The summed E-state index contributed by atoms with van der Waals surface area (Å²) in [6.07, 6.45) is 3.23. The lowest BCUT2D eigenvalue weighted by atomic mass is 10.1. The van der Waals surface area contributed by atoms with E-state index in [-0.39, 0.29) is 12.1 Å². The fourth-order valence-electron chi connectivity index (χ4n) is 2.10. The van der Waals surface area contributed by atoms with Gasteiger partial charge in [0.25, 0.3) is 0 Å². The minimum absolute atomic E-state index is 0.125. The first-order valence-electron chi connectivity index (χ1n) is 6.19. The van der Waals surface area contributed by atoms with Gasteiger partial charge in [0.05, 0.1) is 14.2 Å². The minimum Gasteiger partial charge on any atom is -0.481 e. The third-order valence-corrected chi connectivity index (χ3v) is 3.03. The molecule has 104 valence electrons. The molecule has 19 heavy (non-hydrogen) atoms. The number of rotatable bonds is 3. The number of amides is 1. The Balaban J connectivity index is 1.96. The standard InChI is InChI=1S/C12H18N4O3/c1-18-10-5-6-13-11(15-10)14-9-4-3-7-16(8-9)12(17)19-2/h5-6,9H,3-4,7-8H2,1-2H3,(H,13,14,15). The van der Waals surface area contributed by atoms with Crippen LogP contribution in [0.2, 0.25) is 0 Å². The number of ether oxygens (including phenoxy) is 2. The Morgan fingerprint density at radius 2 is 2.37 bits per heavy atom. The van der Waals surface area contributed by atoms with E-state index in [9.17, 15) is 4.79 Å². The first kappa shape index (κ1) is 13.4. The topological polar surface area (TPSA) is 76.6 Å². The van der Waals surface area contributed by atoms with E-state index in [1.165, 1.54) is 7.11 Å². The predicted octanol–water partition coefficient (Wildman–Crippen LogP) is 1.13. The largest absolute Gasteiger partial charge is 0.481 e. The second-order valence-electron chi connectivity index (χ2n) is 4.32. The van der Waals surface area contributed by atoms with E-state index in [2.05, 4.69) is 15.3 Å². The molecule has 0 aromatic carbocycles. The number of nitrogens with one attached hydrogen (secondary N) is 1. The van der Waals surface area contributed by atoms with Crippen LogP contribution in [0, 0.1) is 0 Å². The van der Waals surface area contributed by atoms with Crippen molar-refractivity contribution in [3.8, 4) is 5.88 Å². The van der Waals surface area contributed by atoms with Gasteiger partial charge in [-0.3, -0.25) is 0 Å². The van der Waals surface area contributed by atoms with Gasteiger partial charge in [-0.05, 0) is 12.8 Å². The average molecular weight is 266 g/mol. The summed E-state index contributed by atoms with van der Waals surface area (Å²) in [5.74, 6) is 1.02. The van der Waals surface area contributed by atoms with Crippen LogP contribution in [0.25, 0.3) is 0 Å². The van der Waals surface area contributed by atoms with E-state index >= 15 is 0 Å². The molecule has 1 amide bonds.